The maximum atomic E-state index is 9.18. The van der Waals surface area contributed by atoms with Crippen LogP contribution in [0.5, 0.6) is 0 Å². The molecule has 0 aromatic carbocycles. The highest BCUT2D eigenvalue weighted by Crippen LogP contribution is 2.10. The molecular weight excluding hydrogens is 126 g/mol. The van der Waals surface area contributed by atoms with Crippen LogP contribution < -0.4 is 0 Å². The Labute approximate surface area is 59.9 Å². The highest BCUT2D eigenvalue weighted by Gasteiger charge is 1.98. The highest BCUT2D eigenvalue weighted by atomic mass is 16.3. The summed E-state index contributed by atoms with van der Waals surface area (Å²) >= 11 is 0. The summed E-state index contributed by atoms with van der Waals surface area (Å²) in [7, 11) is 0. The first-order valence-electron chi connectivity index (χ1n) is 3.05. The van der Waals surface area contributed by atoms with E-state index < -0.39 is 6.10 Å². The lowest BCUT2D eigenvalue weighted by Crippen LogP contribution is -1.91. The predicted octanol–water partition coefficient (Wildman–Crippen LogP) is 1.30. The zero-order chi connectivity index (χ0) is 7.40. The molecule has 0 unspecified atom stereocenters. The highest BCUT2D eigenvalue weighted by molar-refractivity contribution is 5.16. The van der Waals surface area contributed by atoms with Crippen LogP contribution in [-0.2, 0) is 0 Å². The second kappa shape index (κ2) is 3.13. The van der Waals surface area contributed by atoms with E-state index in [4.69, 9.17) is 0 Å². The zero-order valence-electron chi connectivity index (χ0n) is 5.57. The lowest BCUT2D eigenvalue weighted by atomic mass is 10.1. The van der Waals surface area contributed by atoms with Gasteiger partial charge in [-0.05, 0) is 17.7 Å². The number of hydrogen-bond acceptors (Lipinski definition) is 2. The van der Waals surface area contributed by atoms with Crippen molar-refractivity contribution >= 4 is 0 Å². The van der Waals surface area contributed by atoms with Crippen molar-refractivity contribution in [1.82, 2.24) is 4.98 Å². The standard InChI is InChI=1S/C8H9NO/c1-2-8(10)7-3-5-9-6-4-7/h2-6,8,10H,1H2/t8-/m1/s1. The molecular formula is C8H9NO. The maximum Gasteiger partial charge on any atom is 0.0970 e. The Morgan fingerprint density at radius 1 is 1.50 bits per heavy atom. The minimum Gasteiger partial charge on any atom is -0.384 e. The molecule has 0 aliphatic carbocycles. The number of nitrogens with zero attached hydrogens (tertiary/aromatic N) is 1. The van der Waals surface area contributed by atoms with Gasteiger partial charge in [-0.2, -0.15) is 0 Å². The first-order valence-corrected chi connectivity index (χ1v) is 3.05. The summed E-state index contributed by atoms with van der Waals surface area (Å²) < 4.78 is 0. The Kier molecular flexibility index (Phi) is 2.18. The maximum absolute atomic E-state index is 9.18. The van der Waals surface area contributed by atoms with Gasteiger partial charge in [0.15, 0.2) is 0 Å². The fourth-order valence-electron chi connectivity index (χ4n) is 0.697. The lowest BCUT2D eigenvalue weighted by Gasteiger charge is -2.02. The first kappa shape index (κ1) is 6.96. The average Bonchev–Trinajstić information content (AvgIpc) is 2.05. The van der Waals surface area contributed by atoms with Crippen LogP contribution >= 0.6 is 0 Å². The largest absolute Gasteiger partial charge is 0.384 e. The van der Waals surface area contributed by atoms with E-state index in [-0.39, 0.29) is 0 Å². The van der Waals surface area contributed by atoms with Gasteiger partial charge in [0.25, 0.3) is 0 Å². The molecule has 0 aliphatic rings. The fraction of sp³-hybridized carbons (Fsp3) is 0.125. The van der Waals surface area contributed by atoms with Crippen molar-refractivity contribution in [3.8, 4) is 0 Å². The molecule has 0 saturated carbocycles. The third-order valence-corrected chi connectivity index (χ3v) is 1.27. The van der Waals surface area contributed by atoms with Crippen LogP contribution in [0.4, 0.5) is 0 Å². The average molecular weight is 135 g/mol. The summed E-state index contributed by atoms with van der Waals surface area (Å²) in [5.41, 5.74) is 0.824. The van der Waals surface area contributed by atoms with Gasteiger partial charge in [-0.15, -0.1) is 6.58 Å². The second-order valence-electron chi connectivity index (χ2n) is 1.96. The molecule has 0 spiro atoms. The minimum absolute atomic E-state index is 0.567. The molecule has 0 saturated heterocycles. The van der Waals surface area contributed by atoms with Crippen LogP contribution in [0.3, 0.4) is 0 Å². The Morgan fingerprint density at radius 3 is 2.60 bits per heavy atom. The van der Waals surface area contributed by atoms with Crippen molar-refractivity contribution in [1.29, 1.82) is 0 Å². The van der Waals surface area contributed by atoms with Crippen LogP contribution in [0, 0.1) is 0 Å². The quantitative estimate of drug-likeness (QED) is 0.620. The van der Waals surface area contributed by atoms with Gasteiger partial charge >= 0.3 is 0 Å². The Balaban J connectivity index is 2.84. The summed E-state index contributed by atoms with van der Waals surface area (Å²) in [6.45, 7) is 3.47. The number of rotatable bonds is 2. The molecule has 0 radical (unpaired) electrons. The van der Waals surface area contributed by atoms with Gasteiger partial charge in [0.1, 0.15) is 0 Å². The molecule has 1 aromatic rings. The molecule has 1 N–H and O–H groups in total. The van der Waals surface area contributed by atoms with Gasteiger partial charge in [0.2, 0.25) is 0 Å². The number of pyridine rings is 1. The lowest BCUT2D eigenvalue weighted by molar-refractivity contribution is 0.229. The molecule has 0 amide bonds. The van der Waals surface area contributed by atoms with Crippen molar-refractivity contribution in [2.45, 2.75) is 6.10 Å². The van der Waals surface area contributed by atoms with Gasteiger partial charge in [-0.3, -0.25) is 4.98 Å². The molecule has 10 heavy (non-hydrogen) atoms. The first-order chi connectivity index (χ1) is 4.84. The van der Waals surface area contributed by atoms with Gasteiger partial charge < -0.3 is 5.11 Å². The van der Waals surface area contributed by atoms with E-state index >= 15 is 0 Å². The van der Waals surface area contributed by atoms with E-state index in [1.54, 1.807) is 24.5 Å². The third-order valence-electron chi connectivity index (χ3n) is 1.27. The van der Waals surface area contributed by atoms with Crippen LogP contribution in [0.15, 0.2) is 37.2 Å². The molecule has 0 aliphatic heterocycles. The number of aliphatic hydroxyl groups excluding tert-OH is 1. The van der Waals surface area contributed by atoms with Crippen LogP contribution in [0.2, 0.25) is 0 Å². The summed E-state index contributed by atoms with van der Waals surface area (Å²) in [6, 6.07) is 3.51. The van der Waals surface area contributed by atoms with Crippen molar-refractivity contribution < 1.29 is 5.11 Å². The van der Waals surface area contributed by atoms with E-state index in [9.17, 15) is 5.11 Å². The van der Waals surface area contributed by atoms with E-state index in [1.807, 2.05) is 0 Å². The molecule has 2 heteroatoms. The minimum atomic E-state index is -0.567. The van der Waals surface area contributed by atoms with Crippen molar-refractivity contribution in [2.24, 2.45) is 0 Å². The molecule has 1 atom stereocenters. The molecule has 2 nitrogen and oxygen atoms in total. The van der Waals surface area contributed by atoms with Gasteiger partial charge in [0, 0.05) is 12.4 Å². The molecule has 0 fully saturated rings. The number of hydrogen-bond donors (Lipinski definition) is 1. The normalized spacial score (nSPS) is 12.5. The summed E-state index contributed by atoms with van der Waals surface area (Å²) in [5.74, 6) is 0. The monoisotopic (exact) mass is 135 g/mol. The van der Waals surface area contributed by atoms with E-state index in [0.29, 0.717) is 0 Å². The molecule has 1 heterocycles. The Hall–Kier alpha value is -1.15. The summed E-state index contributed by atoms with van der Waals surface area (Å²) in [4.78, 5) is 3.82. The SMILES string of the molecule is C=C[C@@H](O)c1ccncc1. The second-order valence-corrected chi connectivity index (χ2v) is 1.96. The van der Waals surface area contributed by atoms with Crippen molar-refractivity contribution in [2.75, 3.05) is 0 Å². The topological polar surface area (TPSA) is 33.1 Å². The van der Waals surface area contributed by atoms with Crippen molar-refractivity contribution in [3.63, 3.8) is 0 Å². The van der Waals surface area contributed by atoms with Gasteiger partial charge in [-0.25, -0.2) is 0 Å². The molecule has 1 aromatic heterocycles. The Morgan fingerprint density at radius 2 is 2.10 bits per heavy atom. The van der Waals surface area contributed by atoms with E-state index in [2.05, 4.69) is 11.6 Å². The van der Waals surface area contributed by atoms with Crippen LogP contribution in [-0.4, -0.2) is 10.1 Å². The number of aromatic nitrogens is 1. The van der Waals surface area contributed by atoms with Crippen LogP contribution in [0.25, 0.3) is 0 Å². The molecule has 52 valence electrons. The molecule has 0 bridgehead atoms. The fourth-order valence-corrected chi connectivity index (χ4v) is 0.697. The van der Waals surface area contributed by atoms with E-state index in [0.717, 1.165) is 5.56 Å². The zero-order valence-corrected chi connectivity index (χ0v) is 5.57. The third kappa shape index (κ3) is 1.42. The number of aliphatic hydroxyl groups is 1. The summed E-state index contributed by atoms with van der Waals surface area (Å²) in [6.07, 6.45) is 4.20. The van der Waals surface area contributed by atoms with Gasteiger partial charge in [-0.1, -0.05) is 6.08 Å². The molecule has 1 rings (SSSR count). The van der Waals surface area contributed by atoms with Crippen molar-refractivity contribution in [3.05, 3.63) is 42.7 Å². The van der Waals surface area contributed by atoms with Crippen LogP contribution in [0.1, 0.15) is 11.7 Å². The Bertz CT molecular complexity index is 208. The smallest absolute Gasteiger partial charge is 0.0970 e. The summed E-state index contributed by atoms with van der Waals surface area (Å²) in [5, 5.41) is 9.18. The van der Waals surface area contributed by atoms with Gasteiger partial charge in [0.05, 0.1) is 6.10 Å². The predicted molar refractivity (Wildman–Crippen MR) is 39.4 cm³/mol. The van der Waals surface area contributed by atoms with E-state index in [1.165, 1.54) is 6.08 Å².